The largest absolute Gasteiger partial charge is 0.469 e. The van der Waals surface area contributed by atoms with E-state index in [1.165, 1.54) is 7.11 Å². The fourth-order valence-corrected chi connectivity index (χ4v) is 2.16. The summed E-state index contributed by atoms with van der Waals surface area (Å²) in [6.45, 7) is 1.06. The van der Waals surface area contributed by atoms with Gasteiger partial charge in [-0.1, -0.05) is 30.3 Å². The molecule has 0 radical (unpaired) electrons. The summed E-state index contributed by atoms with van der Waals surface area (Å²) in [5.41, 5.74) is 0.986. The van der Waals surface area contributed by atoms with E-state index in [-0.39, 0.29) is 17.8 Å². The minimum absolute atomic E-state index is 0.0599. The van der Waals surface area contributed by atoms with Crippen LogP contribution in [0.2, 0.25) is 0 Å². The molecule has 0 bridgehead atoms. The Bertz CT molecular complexity index is 481. The number of esters is 1. The summed E-state index contributed by atoms with van der Waals surface area (Å²) in [5, 5.41) is 0. The van der Waals surface area contributed by atoms with Gasteiger partial charge in [0, 0.05) is 19.2 Å². The molecule has 1 aliphatic rings. The highest BCUT2D eigenvalue weighted by atomic mass is 16.5. The molecule has 100 valence electrons. The molecule has 0 saturated carbocycles. The number of carbonyl (C=O) groups is 2. The normalized spacial score (nSPS) is 18.8. The molecule has 4 nitrogen and oxygen atoms in total. The molecule has 19 heavy (non-hydrogen) atoms. The van der Waals surface area contributed by atoms with Gasteiger partial charge in [-0.25, -0.2) is 0 Å². The van der Waals surface area contributed by atoms with Crippen LogP contribution >= 0.6 is 0 Å². The predicted octanol–water partition coefficient (Wildman–Crippen LogP) is 1.72. The van der Waals surface area contributed by atoms with E-state index in [1.807, 2.05) is 30.3 Å². The first-order valence-corrected chi connectivity index (χ1v) is 6.30. The fourth-order valence-electron chi connectivity index (χ4n) is 2.16. The van der Waals surface area contributed by atoms with Crippen LogP contribution in [0.1, 0.15) is 12.0 Å². The number of hydrogen-bond acceptors (Lipinski definition) is 3. The lowest BCUT2D eigenvalue weighted by Gasteiger charge is -2.13. The third kappa shape index (κ3) is 3.44. The lowest BCUT2D eigenvalue weighted by Crippen LogP contribution is -2.28. The average molecular weight is 259 g/mol. The SMILES string of the molecule is COC(=O)C1CCN(C(=O)C=Cc2ccccc2)C1. The Kier molecular flexibility index (Phi) is 4.34. The van der Waals surface area contributed by atoms with Crippen molar-refractivity contribution in [3.8, 4) is 0 Å². The second-order valence-corrected chi connectivity index (χ2v) is 4.54. The molecule has 1 aromatic carbocycles. The van der Waals surface area contributed by atoms with Crippen LogP contribution in [0.5, 0.6) is 0 Å². The Labute approximate surface area is 112 Å². The van der Waals surface area contributed by atoms with Gasteiger partial charge in [0.25, 0.3) is 0 Å². The van der Waals surface area contributed by atoms with E-state index < -0.39 is 0 Å². The van der Waals surface area contributed by atoms with Crippen molar-refractivity contribution in [1.82, 2.24) is 4.90 Å². The van der Waals surface area contributed by atoms with Gasteiger partial charge in [-0.05, 0) is 18.1 Å². The van der Waals surface area contributed by atoms with Crippen molar-refractivity contribution in [3.05, 3.63) is 42.0 Å². The summed E-state index contributed by atoms with van der Waals surface area (Å²) >= 11 is 0. The van der Waals surface area contributed by atoms with Gasteiger partial charge in [-0.2, -0.15) is 0 Å². The van der Waals surface area contributed by atoms with Crippen molar-refractivity contribution in [2.24, 2.45) is 5.92 Å². The Balaban J connectivity index is 1.91. The first kappa shape index (κ1) is 13.3. The molecule has 1 saturated heterocycles. The molecule has 4 heteroatoms. The zero-order valence-corrected chi connectivity index (χ0v) is 10.9. The minimum atomic E-state index is -0.234. The molecule has 1 atom stereocenters. The molecule has 0 N–H and O–H groups in total. The van der Waals surface area contributed by atoms with Crippen molar-refractivity contribution in [2.75, 3.05) is 20.2 Å². The number of benzene rings is 1. The van der Waals surface area contributed by atoms with E-state index in [9.17, 15) is 9.59 Å². The molecule has 0 aliphatic carbocycles. The molecule has 1 unspecified atom stereocenters. The van der Waals surface area contributed by atoms with E-state index in [2.05, 4.69) is 0 Å². The van der Waals surface area contributed by atoms with E-state index in [0.717, 1.165) is 5.56 Å². The molecule has 1 amide bonds. The molecular formula is C15H17NO3. The minimum Gasteiger partial charge on any atom is -0.469 e. The molecule has 1 fully saturated rings. The first-order chi connectivity index (χ1) is 9.20. The van der Waals surface area contributed by atoms with Gasteiger partial charge in [0.1, 0.15) is 0 Å². The van der Waals surface area contributed by atoms with Crippen LogP contribution in [0, 0.1) is 5.92 Å². The molecule has 1 heterocycles. The van der Waals surface area contributed by atoms with Crippen LogP contribution < -0.4 is 0 Å². The number of ether oxygens (including phenoxy) is 1. The second-order valence-electron chi connectivity index (χ2n) is 4.54. The Hall–Kier alpha value is -2.10. The number of hydrogen-bond donors (Lipinski definition) is 0. The summed E-state index contributed by atoms with van der Waals surface area (Å²) in [4.78, 5) is 25.0. The van der Waals surface area contributed by atoms with E-state index >= 15 is 0 Å². The molecule has 1 aliphatic heterocycles. The molecule has 0 spiro atoms. The maximum Gasteiger partial charge on any atom is 0.310 e. The second kappa shape index (κ2) is 6.18. The maximum absolute atomic E-state index is 12.0. The average Bonchev–Trinajstić information content (AvgIpc) is 2.95. The van der Waals surface area contributed by atoms with Crippen LogP contribution in [-0.2, 0) is 14.3 Å². The van der Waals surface area contributed by atoms with Crippen molar-refractivity contribution in [3.63, 3.8) is 0 Å². The van der Waals surface area contributed by atoms with E-state index in [0.29, 0.717) is 19.5 Å². The van der Waals surface area contributed by atoms with Crippen molar-refractivity contribution < 1.29 is 14.3 Å². The standard InChI is InChI=1S/C15H17NO3/c1-19-15(18)13-9-10-16(11-13)14(17)8-7-12-5-3-2-4-6-12/h2-8,13H,9-11H2,1H3. The Morgan fingerprint density at radius 2 is 2.05 bits per heavy atom. The first-order valence-electron chi connectivity index (χ1n) is 6.30. The topological polar surface area (TPSA) is 46.6 Å². The third-order valence-corrected chi connectivity index (χ3v) is 3.25. The summed E-state index contributed by atoms with van der Waals surface area (Å²) in [7, 11) is 1.38. The van der Waals surface area contributed by atoms with Gasteiger partial charge in [0.15, 0.2) is 0 Å². The van der Waals surface area contributed by atoms with Crippen molar-refractivity contribution in [2.45, 2.75) is 6.42 Å². The lowest BCUT2D eigenvalue weighted by atomic mass is 10.1. The van der Waals surface area contributed by atoms with Gasteiger partial charge in [0.05, 0.1) is 13.0 Å². The highest BCUT2D eigenvalue weighted by Crippen LogP contribution is 2.18. The highest BCUT2D eigenvalue weighted by Gasteiger charge is 2.30. The van der Waals surface area contributed by atoms with Gasteiger partial charge >= 0.3 is 5.97 Å². The van der Waals surface area contributed by atoms with Crippen molar-refractivity contribution >= 4 is 18.0 Å². The summed E-state index contributed by atoms with van der Waals surface area (Å²) < 4.78 is 4.70. The Morgan fingerprint density at radius 1 is 1.32 bits per heavy atom. The zero-order chi connectivity index (χ0) is 13.7. The van der Waals surface area contributed by atoms with E-state index in [1.54, 1.807) is 17.1 Å². The smallest absolute Gasteiger partial charge is 0.310 e. The summed E-state index contributed by atoms with van der Waals surface area (Å²) in [6.07, 6.45) is 4.01. The zero-order valence-electron chi connectivity index (χ0n) is 10.9. The maximum atomic E-state index is 12.0. The fraction of sp³-hybridized carbons (Fsp3) is 0.333. The molecular weight excluding hydrogens is 242 g/mol. The molecule has 1 aromatic rings. The number of amides is 1. The van der Waals surface area contributed by atoms with Crippen LogP contribution in [0.25, 0.3) is 6.08 Å². The van der Waals surface area contributed by atoms with Gasteiger partial charge in [-0.15, -0.1) is 0 Å². The lowest BCUT2D eigenvalue weighted by molar-refractivity contribution is -0.145. The Morgan fingerprint density at radius 3 is 2.74 bits per heavy atom. The van der Waals surface area contributed by atoms with Gasteiger partial charge in [0.2, 0.25) is 5.91 Å². The van der Waals surface area contributed by atoms with Gasteiger partial charge < -0.3 is 9.64 Å². The summed E-state index contributed by atoms with van der Waals surface area (Å²) in [5.74, 6) is -0.475. The number of nitrogens with zero attached hydrogens (tertiary/aromatic N) is 1. The van der Waals surface area contributed by atoms with Gasteiger partial charge in [-0.3, -0.25) is 9.59 Å². The van der Waals surface area contributed by atoms with Crippen LogP contribution in [-0.4, -0.2) is 37.0 Å². The quantitative estimate of drug-likeness (QED) is 0.613. The van der Waals surface area contributed by atoms with Crippen LogP contribution in [0.3, 0.4) is 0 Å². The van der Waals surface area contributed by atoms with Crippen LogP contribution in [0.15, 0.2) is 36.4 Å². The number of carbonyl (C=O) groups excluding carboxylic acids is 2. The molecule has 2 rings (SSSR count). The number of methoxy groups -OCH3 is 1. The monoisotopic (exact) mass is 259 g/mol. The number of rotatable bonds is 3. The van der Waals surface area contributed by atoms with Crippen LogP contribution in [0.4, 0.5) is 0 Å². The molecule has 0 aromatic heterocycles. The number of likely N-dealkylation sites (tertiary alicyclic amines) is 1. The van der Waals surface area contributed by atoms with Crippen molar-refractivity contribution in [1.29, 1.82) is 0 Å². The third-order valence-electron chi connectivity index (χ3n) is 3.25. The van der Waals surface area contributed by atoms with E-state index in [4.69, 9.17) is 4.74 Å². The summed E-state index contributed by atoms with van der Waals surface area (Å²) in [6, 6.07) is 9.65. The highest BCUT2D eigenvalue weighted by molar-refractivity contribution is 5.92. The predicted molar refractivity (Wildman–Crippen MR) is 72.2 cm³/mol.